The van der Waals surface area contributed by atoms with Gasteiger partial charge in [0.2, 0.25) is 5.95 Å². The molecule has 0 saturated carbocycles. The number of hydrogen-bond donors (Lipinski definition) is 2. The monoisotopic (exact) mass is 244 g/mol. The Labute approximate surface area is 104 Å². The van der Waals surface area contributed by atoms with Crippen LogP contribution in [0.4, 0.5) is 5.95 Å². The standard InChI is InChI=1S/C12H12N4O2/c17-11(18)3-6-14-12-15-7-10(8-16-12)9-1-4-13-5-2-9/h1-2,4-5,7-8H,3,6H2,(H,17,18)(H,14,15,16). The first-order valence-electron chi connectivity index (χ1n) is 5.44. The van der Waals surface area contributed by atoms with Crippen LogP contribution >= 0.6 is 0 Å². The van der Waals surface area contributed by atoms with Gasteiger partial charge in [0.25, 0.3) is 0 Å². The SMILES string of the molecule is O=C(O)CCNc1ncc(-c2ccncc2)cn1. The van der Waals surface area contributed by atoms with E-state index in [2.05, 4.69) is 20.3 Å². The number of hydrogen-bond acceptors (Lipinski definition) is 5. The minimum absolute atomic E-state index is 0.0372. The largest absolute Gasteiger partial charge is 0.481 e. The number of nitrogens with zero attached hydrogens (tertiary/aromatic N) is 3. The highest BCUT2D eigenvalue weighted by Crippen LogP contribution is 2.16. The molecule has 18 heavy (non-hydrogen) atoms. The molecule has 2 heterocycles. The van der Waals surface area contributed by atoms with Crippen molar-refractivity contribution in [3.05, 3.63) is 36.9 Å². The smallest absolute Gasteiger partial charge is 0.305 e. The number of carboxylic acids is 1. The molecule has 0 spiro atoms. The number of carboxylic acid groups (broad SMARTS) is 1. The Hall–Kier alpha value is -2.50. The molecular formula is C12H12N4O2. The van der Waals surface area contributed by atoms with Crippen LogP contribution in [0.15, 0.2) is 36.9 Å². The molecule has 0 unspecified atom stereocenters. The first-order valence-corrected chi connectivity index (χ1v) is 5.44. The number of rotatable bonds is 5. The molecule has 6 heteroatoms. The molecule has 0 fully saturated rings. The number of nitrogens with one attached hydrogen (secondary N) is 1. The van der Waals surface area contributed by atoms with Crippen molar-refractivity contribution in [2.24, 2.45) is 0 Å². The van der Waals surface area contributed by atoms with Crippen LogP contribution < -0.4 is 5.32 Å². The zero-order chi connectivity index (χ0) is 12.8. The normalized spacial score (nSPS) is 10.0. The summed E-state index contributed by atoms with van der Waals surface area (Å²) in [5.41, 5.74) is 1.88. The maximum atomic E-state index is 10.3. The highest BCUT2D eigenvalue weighted by molar-refractivity contribution is 5.67. The van der Waals surface area contributed by atoms with Crippen molar-refractivity contribution in [3.63, 3.8) is 0 Å². The van der Waals surface area contributed by atoms with Gasteiger partial charge in [-0.2, -0.15) is 0 Å². The minimum Gasteiger partial charge on any atom is -0.481 e. The van der Waals surface area contributed by atoms with E-state index in [-0.39, 0.29) is 6.42 Å². The van der Waals surface area contributed by atoms with E-state index in [0.717, 1.165) is 11.1 Å². The molecule has 0 radical (unpaired) electrons. The average molecular weight is 244 g/mol. The summed E-state index contributed by atoms with van der Waals surface area (Å²) < 4.78 is 0. The third-order valence-electron chi connectivity index (χ3n) is 2.29. The Kier molecular flexibility index (Phi) is 3.80. The first-order chi connectivity index (χ1) is 8.75. The van der Waals surface area contributed by atoms with Gasteiger partial charge in [0.05, 0.1) is 6.42 Å². The lowest BCUT2D eigenvalue weighted by molar-refractivity contribution is -0.136. The molecule has 0 aromatic carbocycles. The summed E-state index contributed by atoms with van der Waals surface area (Å²) >= 11 is 0. The van der Waals surface area contributed by atoms with Crippen molar-refractivity contribution < 1.29 is 9.90 Å². The second-order valence-electron chi connectivity index (χ2n) is 3.60. The van der Waals surface area contributed by atoms with E-state index in [1.165, 1.54) is 0 Å². The molecule has 0 bridgehead atoms. The fourth-order valence-electron chi connectivity index (χ4n) is 1.39. The molecule has 6 nitrogen and oxygen atoms in total. The van der Waals surface area contributed by atoms with E-state index < -0.39 is 5.97 Å². The summed E-state index contributed by atoms with van der Waals surface area (Å²) in [5, 5.41) is 11.3. The number of aliphatic carboxylic acids is 1. The van der Waals surface area contributed by atoms with Crippen LogP contribution in [0.25, 0.3) is 11.1 Å². The zero-order valence-electron chi connectivity index (χ0n) is 9.58. The predicted molar refractivity (Wildman–Crippen MR) is 66.0 cm³/mol. The van der Waals surface area contributed by atoms with Crippen LogP contribution in [0.3, 0.4) is 0 Å². The molecule has 0 saturated heterocycles. The van der Waals surface area contributed by atoms with Gasteiger partial charge in [-0.3, -0.25) is 9.78 Å². The van der Waals surface area contributed by atoms with Crippen LogP contribution in [-0.2, 0) is 4.79 Å². The summed E-state index contributed by atoms with van der Waals surface area (Å²) in [5.74, 6) is -0.426. The molecule has 0 aliphatic heterocycles. The molecule has 0 aliphatic carbocycles. The van der Waals surface area contributed by atoms with Crippen LogP contribution in [-0.4, -0.2) is 32.6 Å². The third kappa shape index (κ3) is 3.24. The number of pyridine rings is 1. The van der Waals surface area contributed by atoms with Crippen molar-refractivity contribution in [1.29, 1.82) is 0 Å². The van der Waals surface area contributed by atoms with Crippen LogP contribution in [0.5, 0.6) is 0 Å². The van der Waals surface area contributed by atoms with Gasteiger partial charge in [-0.05, 0) is 17.7 Å². The maximum Gasteiger partial charge on any atom is 0.305 e. The molecule has 0 atom stereocenters. The average Bonchev–Trinajstić information content (AvgIpc) is 2.40. The van der Waals surface area contributed by atoms with Crippen molar-refractivity contribution in [1.82, 2.24) is 15.0 Å². The van der Waals surface area contributed by atoms with Gasteiger partial charge >= 0.3 is 5.97 Å². The van der Waals surface area contributed by atoms with Gasteiger partial charge in [0.15, 0.2) is 0 Å². The minimum atomic E-state index is -0.851. The lowest BCUT2D eigenvalue weighted by Crippen LogP contribution is -2.09. The lowest BCUT2D eigenvalue weighted by Gasteiger charge is -2.04. The molecule has 2 aromatic heterocycles. The topological polar surface area (TPSA) is 88.0 Å². The maximum absolute atomic E-state index is 10.3. The van der Waals surface area contributed by atoms with Gasteiger partial charge in [0, 0.05) is 36.9 Å². The predicted octanol–water partition coefficient (Wildman–Crippen LogP) is 1.43. The summed E-state index contributed by atoms with van der Waals surface area (Å²) in [6, 6.07) is 3.74. The Morgan fingerprint density at radius 2 is 1.83 bits per heavy atom. The fourth-order valence-corrected chi connectivity index (χ4v) is 1.39. The lowest BCUT2D eigenvalue weighted by atomic mass is 10.1. The van der Waals surface area contributed by atoms with Gasteiger partial charge in [-0.25, -0.2) is 9.97 Å². The van der Waals surface area contributed by atoms with E-state index in [0.29, 0.717) is 12.5 Å². The second-order valence-corrected chi connectivity index (χ2v) is 3.60. The molecular weight excluding hydrogens is 232 g/mol. The van der Waals surface area contributed by atoms with E-state index in [1.807, 2.05) is 12.1 Å². The Morgan fingerprint density at radius 1 is 1.17 bits per heavy atom. The van der Waals surface area contributed by atoms with Crippen LogP contribution in [0, 0.1) is 0 Å². The fraction of sp³-hybridized carbons (Fsp3) is 0.167. The van der Waals surface area contributed by atoms with Crippen molar-refractivity contribution >= 4 is 11.9 Å². The molecule has 2 rings (SSSR count). The molecule has 0 aliphatic rings. The van der Waals surface area contributed by atoms with Gasteiger partial charge in [-0.1, -0.05) is 0 Å². The highest BCUT2D eigenvalue weighted by atomic mass is 16.4. The Balaban J connectivity index is 2.00. The molecule has 2 aromatic rings. The van der Waals surface area contributed by atoms with E-state index in [1.54, 1.807) is 24.8 Å². The first kappa shape index (κ1) is 12.0. The summed E-state index contributed by atoms with van der Waals surface area (Å²) in [6.07, 6.45) is 6.81. The van der Waals surface area contributed by atoms with Crippen molar-refractivity contribution in [3.8, 4) is 11.1 Å². The van der Waals surface area contributed by atoms with Crippen LogP contribution in [0.1, 0.15) is 6.42 Å². The van der Waals surface area contributed by atoms with E-state index in [9.17, 15) is 4.79 Å². The summed E-state index contributed by atoms with van der Waals surface area (Å²) in [4.78, 5) is 22.5. The molecule has 92 valence electrons. The van der Waals surface area contributed by atoms with Gasteiger partial charge in [0.1, 0.15) is 0 Å². The number of carbonyl (C=O) groups is 1. The van der Waals surface area contributed by atoms with Crippen LogP contribution in [0.2, 0.25) is 0 Å². The van der Waals surface area contributed by atoms with Gasteiger partial charge in [-0.15, -0.1) is 0 Å². The van der Waals surface area contributed by atoms with E-state index >= 15 is 0 Å². The van der Waals surface area contributed by atoms with Gasteiger partial charge < -0.3 is 10.4 Å². The quantitative estimate of drug-likeness (QED) is 0.827. The number of anilines is 1. The molecule has 2 N–H and O–H groups in total. The Bertz CT molecular complexity index is 513. The van der Waals surface area contributed by atoms with E-state index in [4.69, 9.17) is 5.11 Å². The summed E-state index contributed by atoms with van der Waals surface area (Å²) in [7, 11) is 0. The Morgan fingerprint density at radius 3 is 2.44 bits per heavy atom. The highest BCUT2D eigenvalue weighted by Gasteiger charge is 2.01. The third-order valence-corrected chi connectivity index (χ3v) is 2.29. The number of aromatic nitrogens is 3. The molecule has 0 amide bonds. The zero-order valence-corrected chi connectivity index (χ0v) is 9.58. The van der Waals surface area contributed by atoms with Crippen molar-refractivity contribution in [2.75, 3.05) is 11.9 Å². The summed E-state index contributed by atoms with van der Waals surface area (Å²) in [6.45, 7) is 0.309. The second kappa shape index (κ2) is 5.72. The van der Waals surface area contributed by atoms with Crippen molar-refractivity contribution in [2.45, 2.75) is 6.42 Å².